The number of nitrogens with one attached hydrogen (secondary N) is 1. The van der Waals surface area contributed by atoms with Crippen LogP contribution in [0.5, 0.6) is 0 Å². The summed E-state index contributed by atoms with van der Waals surface area (Å²) in [6.45, 7) is 0. The quantitative estimate of drug-likeness (QED) is 0.359. The lowest BCUT2D eigenvalue weighted by atomic mass is 10.1. The van der Waals surface area contributed by atoms with Crippen molar-refractivity contribution in [1.82, 2.24) is 9.97 Å². The number of hydrogen-bond donors (Lipinski definition) is 1. The molecule has 0 radical (unpaired) electrons. The summed E-state index contributed by atoms with van der Waals surface area (Å²) < 4.78 is 1.00. The highest BCUT2D eigenvalue weighted by molar-refractivity contribution is 9.10. The van der Waals surface area contributed by atoms with E-state index in [1.165, 1.54) is 5.56 Å². The van der Waals surface area contributed by atoms with Crippen molar-refractivity contribution in [3.63, 3.8) is 0 Å². The van der Waals surface area contributed by atoms with Gasteiger partial charge < -0.3 is 5.32 Å². The highest BCUT2D eigenvalue weighted by Gasteiger charge is 2.04. The first-order valence-corrected chi connectivity index (χ1v) is 9.08. The maximum absolute atomic E-state index is 4.38. The fourth-order valence-electron chi connectivity index (χ4n) is 2.70. The second-order valence-electron chi connectivity index (χ2n) is 5.87. The third-order valence-corrected chi connectivity index (χ3v) is 4.53. The number of aromatic nitrogens is 2. The van der Waals surface area contributed by atoms with E-state index in [4.69, 9.17) is 0 Å². The molecule has 134 valence electrons. The Hall–Kier alpha value is -2.69. The third-order valence-electron chi connectivity index (χ3n) is 4.04. The van der Waals surface area contributed by atoms with E-state index in [-0.39, 0.29) is 12.4 Å². The number of anilines is 2. The average Bonchev–Trinajstić information content (AvgIpc) is 2.69. The molecule has 3 nitrogen and oxygen atoms in total. The zero-order valence-corrected chi connectivity index (χ0v) is 16.7. The Morgan fingerprint density at radius 1 is 0.778 bits per heavy atom. The molecule has 4 rings (SSSR count). The van der Waals surface area contributed by atoms with Gasteiger partial charge in [-0.05, 0) is 41.5 Å². The Morgan fingerprint density at radius 3 is 2.22 bits per heavy atom. The van der Waals surface area contributed by atoms with Gasteiger partial charge in [0.1, 0.15) is 12.1 Å². The van der Waals surface area contributed by atoms with Crippen molar-refractivity contribution >= 4 is 62.9 Å². The SMILES string of the molecule is Brc1ccc2ncnc(Nc3ccc(/C=C/c4ccccc4)cc3)c2c1.Cl. The number of rotatable bonds is 4. The van der Waals surface area contributed by atoms with Crippen LogP contribution < -0.4 is 5.32 Å². The summed E-state index contributed by atoms with van der Waals surface area (Å²) in [5, 5.41) is 4.36. The van der Waals surface area contributed by atoms with Crippen LogP contribution in [0.1, 0.15) is 11.1 Å². The molecule has 1 heterocycles. The molecule has 0 saturated heterocycles. The van der Waals surface area contributed by atoms with Crippen LogP contribution in [0.25, 0.3) is 23.1 Å². The molecule has 0 amide bonds. The molecule has 5 heteroatoms. The van der Waals surface area contributed by atoms with Crippen molar-refractivity contribution in [2.75, 3.05) is 5.32 Å². The molecular weight excluding hydrogens is 422 g/mol. The lowest BCUT2D eigenvalue weighted by molar-refractivity contribution is 1.22. The van der Waals surface area contributed by atoms with Gasteiger partial charge in [-0.25, -0.2) is 9.97 Å². The summed E-state index contributed by atoms with van der Waals surface area (Å²) in [4.78, 5) is 8.70. The first-order chi connectivity index (χ1) is 12.8. The van der Waals surface area contributed by atoms with Crippen LogP contribution in [0.2, 0.25) is 0 Å². The van der Waals surface area contributed by atoms with Crippen LogP contribution in [0.3, 0.4) is 0 Å². The van der Waals surface area contributed by atoms with Crippen LogP contribution >= 0.6 is 28.3 Å². The van der Waals surface area contributed by atoms with E-state index in [2.05, 4.69) is 79.8 Å². The van der Waals surface area contributed by atoms with Gasteiger partial charge in [0.05, 0.1) is 5.52 Å². The van der Waals surface area contributed by atoms with Crippen LogP contribution in [-0.4, -0.2) is 9.97 Å². The first kappa shape index (κ1) is 19.1. The molecule has 0 saturated carbocycles. The molecule has 0 bridgehead atoms. The summed E-state index contributed by atoms with van der Waals surface area (Å²) >= 11 is 3.51. The van der Waals surface area contributed by atoms with Gasteiger partial charge in [-0.2, -0.15) is 0 Å². The van der Waals surface area contributed by atoms with Gasteiger partial charge in [-0.1, -0.05) is 70.5 Å². The molecule has 0 aliphatic carbocycles. The maximum Gasteiger partial charge on any atom is 0.141 e. The minimum Gasteiger partial charge on any atom is -0.340 e. The highest BCUT2D eigenvalue weighted by Crippen LogP contribution is 2.26. The molecule has 1 aromatic heterocycles. The van der Waals surface area contributed by atoms with Crippen molar-refractivity contribution in [1.29, 1.82) is 0 Å². The zero-order valence-electron chi connectivity index (χ0n) is 14.3. The molecule has 3 aromatic carbocycles. The summed E-state index contributed by atoms with van der Waals surface area (Å²) in [6.07, 6.45) is 5.80. The van der Waals surface area contributed by atoms with E-state index < -0.39 is 0 Å². The predicted molar refractivity (Wildman–Crippen MR) is 120 cm³/mol. The normalized spacial score (nSPS) is 10.7. The first-order valence-electron chi connectivity index (χ1n) is 8.28. The Balaban J connectivity index is 0.00000210. The summed E-state index contributed by atoms with van der Waals surface area (Å²) in [5.74, 6) is 0.795. The van der Waals surface area contributed by atoms with Crippen molar-refractivity contribution in [2.24, 2.45) is 0 Å². The van der Waals surface area contributed by atoms with Gasteiger partial charge in [-0.3, -0.25) is 0 Å². The minimum atomic E-state index is 0. The van der Waals surface area contributed by atoms with Crippen molar-refractivity contribution in [2.45, 2.75) is 0 Å². The van der Waals surface area contributed by atoms with E-state index in [9.17, 15) is 0 Å². The number of nitrogens with zero attached hydrogens (tertiary/aromatic N) is 2. The summed E-state index contributed by atoms with van der Waals surface area (Å²) in [7, 11) is 0. The number of fused-ring (bicyclic) bond motifs is 1. The molecule has 0 spiro atoms. The zero-order chi connectivity index (χ0) is 17.8. The van der Waals surface area contributed by atoms with Gasteiger partial charge in [-0.15, -0.1) is 12.4 Å². The topological polar surface area (TPSA) is 37.8 Å². The number of hydrogen-bond acceptors (Lipinski definition) is 3. The fourth-order valence-corrected chi connectivity index (χ4v) is 3.06. The highest BCUT2D eigenvalue weighted by atomic mass is 79.9. The largest absolute Gasteiger partial charge is 0.340 e. The lowest BCUT2D eigenvalue weighted by Crippen LogP contribution is -1.96. The Labute approximate surface area is 172 Å². The van der Waals surface area contributed by atoms with Crippen molar-refractivity contribution < 1.29 is 0 Å². The number of benzene rings is 3. The van der Waals surface area contributed by atoms with E-state index in [1.54, 1.807) is 6.33 Å². The molecule has 4 aromatic rings. The molecular formula is C22H17BrClN3. The molecule has 0 fully saturated rings. The minimum absolute atomic E-state index is 0. The average molecular weight is 439 g/mol. The van der Waals surface area contributed by atoms with Crippen LogP contribution in [0, 0.1) is 0 Å². The Kier molecular flexibility index (Phi) is 6.22. The van der Waals surface area contributed by atoms with Gasteiger partial charge in [0.2, 0.25) is 0 Å². The summed E-state index contributed by atoms with van der Waals surface area (Å²) in [5.41, 5.74) is 4.23. The number of halogens is 2. The van der Waals surface area contributed by atoms with Gasteiger partial charge in [0, 0.05) is 15.5 Å². The van der Waals surface area contributed by atoms with Crippen molar-refractivity contribution in [3.8, 4) is 0 Å². The maximum atomic E-state index is 4.38. The Morgan fingerprint density at radius 2 is 1.48 bits per heavy atom. The summed E-state index contributed by atoms with van der Waals surface area (Å²) in [6, 6.07) is 24.5. The molecule has 0 atom stereocenters. The van der Waals surface area contributed by atoms with E-state index in [1.807, 2.05) is 36.4 Å². The van der Waals surface area contributed by atoms with E-state index in [0.717, 1.165) is 32.4 Å². The third kappa shape index (κ3) is 4.73. The molecule has 0 aliphatic heterocycles. The van der Waals surface area contributed by atoms with Crippen LogP contribution in [-0.2, 0) is 0 Å². The van der Waals surface area contributed by atoms with Gasteiger partial charge in [0.15, 0.2) is 0 Å². The standard InChI is InChI=1S/C22H16BrN3.ClH/c23-18-10-13-21-20(14-18)22(25-15-24-21)26-19-11-8-17(9-12-19)7-6-16-4-2-1-3-5-16;/h1-15H,(H,24,25,26);1H/b7-6+;. The van der Waals surface area contributed by atoms with Crippen LogP contribution in [0.4, 0.5) is 11.5 Å². The fraction of sp³-hybridized carbons (Fsp3) is 0. The lowest BCUT2D eigenvalue weighted by Gasteiger charge is -2.09. The van der Waals surface area contributed by atoms with Gasteiger partial charge >= 0.3 is 0 Å². The second kappa shape index (κ2) is 8.80. The smallest absolute Gasteiger partial charge is 0.141 e. The molecule has 0 aliphatic rings. The van der Waals surface area contributed by atoms with Crippen molar-refractivity contribution in [3.05, 3.63) is 94.7 Å². The van der Waals surface area contributed by atoms with Gasteiger partial charge in [0.25, 0.3) is 0 Å². The van der Waals surface area contributed by atoms with E-state index >= 15 is 0 Å². The second-order valence-corrected chi connectivity index (χ2v) is 6.79. The molecule has 0 unspecified atom stereocenters. The monoisotopic (exact) mass is 437 g/mol. The van der Waals surface area contributed by atoms with Crippen LogP contribution in [0.15, 0.2) is 83.6 Å². The predicted octanol–water partition coefficient (Wildman–Crippen LogP) is 6.73. The Bertz CT molecular complexity index is 1060. The molecule has 1 N–H and O–H groups in total. The van der Waals surface area contributed by atoms with E-state index in [0.29, 0.717) is 0 Å². The molecule has 27 heavy (non-hydrogen) atoms.